The molecule has 4 nitrogen and oxygen atoms in total. The number of H-pyrrole nitrogens is 1. The van der Waals surface area contributed by atoms with E-state index in [-0.39, 0.29) is 0 Å². The van der Waals surface area contributed by atoms with Gasteiger partial charge in [-0.25, -0.2) is 14.1 Å². The van der Waals surface area contributed by atoms with Crippen molar-refractivity contribution in [2.75, 3.05) is 0 Å². The number of hydrogen-bond acceptors (Lipinski definition) is 1. The van der Waals surface area contributed by atoms with E-state index in [0.717, 1.165) is 22.6 Å². The van der Waals surface area contributed by atoms with Crippen molar-refractivity contribution in [2.45, 2.75) is 13.8 Å². The minimum absolute atomic E-state index is 0.883. The number of aryl methyl sites for hydroxylation is 4. The number of rotatable bonds is 2. The van der Waals surface area contributed by atoms with Gasteiger partial charge in [0.15, 0.2) is 5.69 Å². The zero-order chi connectivity index (χ0) is 14.3. The van der Waals surface area contributed by atoms with Crippen LogP contribution in [-0.2, 0) is 14.1 Å². The third kappa shape index (κ3) is 2.25. The maximum Gasteiger partial charge on any atom is 0.243 e. The number of imidazole rings is 2. The van der Waals surface area contributed by atoms with E-state index in [1.54, 1.807) is 0 Å². The molecular formula is C16H19N4+. The molecule has 0 aliphatic carbocycles. The van der Waals surface area contributed by atoms with Crippen LogP contribution in [0.4, 0.5) is 0 Å². The first-order chi connectivity index (χ1) is 9.52. The third-order valence-electron chi connectivity index (χ3n) is 3.63. The topological polar surface area (TPSA) is 37.5 Å². The van der Waals surface area contributed by atoms with Crippen LogP contribution in [0.1, 0.15) is 22.6 Å². The maximum atomic E-state index is 4.61. The van der Waals surface area contributed by atoms with E-state index in [2.05, 4.69) is 52.8 Å². The van der Waals surface area contributed by atoms with Crippen LogP contribution < -0.4 is 4.57 Å². The van der Waals surface area contributed by atoms with Gasteiger partial charge in [0, 0.05) is 0 Å². The van der Waals surface area contributed by atoms with Crippen molar-refractivity contribution in [3.63, 3.8) is 0 Å². The highest BCUT2D eigenvalue weighted by atomic mass is 15.1. The molecule has 0 radical (unpaired) electrons. The molecule has 102 valence electrons. The van der Waals surface area contributed by atoms with E-state index < -0.39 is 0 Å². The monoisotopic (exact) mass is 267 g/mol. The Bertz CT molecular complexity index is 766. The second-order valence-electron chi connectivity index (χ2n) is 5.35. The predicted octanol–water partition coefficient (Wildman–Crippen LogP) is 2.51. The van der Waals surface area contributed by atoms with Crippen molar-refractivity contribution >= 4 is 23.2 Å². The summed E-state index contributed by atoms with van der Waals surface area (Å²) in [5.41, 5.74) is 5.80. The molecule has 0 aliphatic heterocycles. The Hall–Kier alpha value is -2.36. The molecule has 4 heteroatoms. The van der Waals surface area contributed by atoms with E-state index in [9.17, 15) is 0 Å². The van der Waals surface area contributed by atoms with Gasteiger partial charge in [-0.1, -0.05) is 0 Å². The fourth-order valence-corrected chi connectivity index (χ4v) is 2.37. The lowest BCUT2D eigenvalue weighted by Gasteiger charge is -1.97. The molecule has 0 bridgehead atoms. The molecule has 0 aliphatic rings. The number of fused-ring (bicyclic) bond motifs is 1. The standard InChI is InChI=1S/C16H19N4/c1-11-7-14-15(8-12(11)2)18-16(17-14)6-5-13-9-19(3)10-20(13)4/h5-10H,1-4H3,(H,17,18)/q+1/b6-5+. The van der Waals surface area contributed by atoms with E-state index in [4.69, 9.17) is 0 Å². The average molecular weight is 267 g/mol. The Labute approximate surface area is 118 Å². The van der Waals surface area contributed by atoms with E-state index in [1.807, 2.05) is 31.1 Å². The number of aromatic amines is 1. The maximum absolute atomic E-state index is 4.61. The van der Waals surface area contributed by atoms with Crippen LogP contribution in [0.2, 0.25) is 0 Å². The fourth-order valence-electron chi connectivity index (χ4n) is 2.37. The number of hydrogen-bond donors (Lipinski definition) is 1. The molecule has 1 aromatic carbocycles. The third-order valence-corrected chi connectivity index (χ3v) is 3.63. The van der Waals surface area contributed by atoms with Gasteiger partial charge in [-0.2, -0.15) is 0 Å². The number of nitrogens with zero attached hydrogens (tertiary/aromatic N) is 3. The molecule has 3 aromatic rings. The molecule has 0 saturated heterocycles. The first kappa shape index (κ1) is 12.7. The van der Waals surface area contributed by atoms with Gasteiger partial charge in [-0.3, -0.25) is 0 Å². The summed E-state index contributed by atoms with van der Waals surface area (Å²) < 4.78 is 4.11. The van der Waals surface area contributed by atoms with Gasteiger partial charge in [0.25, 0.3) is 0 Å². The first-order valence-electron chi connectivity index (χ1n) is 6.69. The molecule has 20 heavy (non-hydrogen) atoms. The lowest BCUT2D eigenvalue weighted by Crippen LogP contribution is -2.23. The van der Waals surface area contributed by atoms with Crippen LogP contribution in [0.15, 0.2) is 24.7 Å². The highest BCUT2D eigenvalue weighted by Gasteiger charge is 2.05. The molecule has 0 fully saturated rings. The summed E-state index contributed by atoms with van der Waals surface area (Å²) >= 11 is 0. The molecule has 0 spiro atoms. The number of aromatic nitrogens is 4. The van der Waals surface area contributed by atoms with E-state index in [1.165, 1.54) is 11.1 Å². The summed E-state index contributed by atoms with van der Waals surface area (Å²) in [6.07, 6.45) is 8.19. The molecule has 0 unspecified atom stereocenters. The zero-order valence-electron chi connectivity index (χ0n) is 12.3. The molecule has 0 atom stereocenters. The molecule has 2 heterocycles. The number of nitrogens with one attached hydrogen (secondary N) is 1. The summed E-state index contributed by atoms with van der Waals surface area (Å²) in [4.78, 5) is 7.95. The summed E-state index contributed by atoms with van der Waals surface area (Å²) in [6, 6.07) is 4.28. The van der Waals surface area contributed by atoms with E-state index in [0.29, 0.717) is 0 Å². The summed E-state index contributed by atoms with van der Waals surface area (Å²) in [5.74, 6) is 0.883. The van der Waals surface area contributed by atoms with Gasteiger partial charge in [0.1, 0.15) is 12.0 Å². The molecule has 2 aromatic heterocycles. The van der Waals surface area contributed by atoms with Gasteiger partial charge in [-0.15, -0.1) is 0 Å². The Balaban J connectivity index is 1.97. The highest BCUT2D eigenvalue weighted by Crippen LogP contribution is 2.18. The second-order valence-corrected chi connectivity index (χ2v) is 5.35. The summed E-state index contributed by atoms with van der Waals surface area (Å²) in [6.45, 7) is 4.23. The Morgan fingerprint density at radius 2 is 1.95 bits per heavy atom. The molecular weight excluding hydrogens is 248 g/mol. The van der Waals surface area contributed by atoms with Crippen LogP contribution >= 0.6 is 0 Å². The fraction of sp³-hybridized carbons (Fsp3) is 0.250. The van der Waals surface area contributed by atoms with Crippen molar-refractivity contribution in [3.8, 4) is 0 Å². The SMILES string of the molecule is Cc1cc2nc(/C=C/c3c[n+](C)cn3C)[nH]c2cc1C. The van der Waals surface area contributed by atoms with Crippen LogP contribution in [0.25, 0.3) is 23.2 Å². The lowest BCUT2D eigenvalue weighted by molar-refractivity contribution is -0.671. The van der Waals surface area contributed by atoms with Gasteiger partial charge in [-0.05, 0) is 49.3 Å². The van der Waals surface area contributed by atoms with E-state index >= 15 is 0 Å². The van der Waals surface area contributed by atoms with Crippen molar-refractivity contribution in [2.24, 2.45) is 14.1 Å². The van der Waals surface area contributed by atoms with Gasteiger partial charge in [0.05, 0.1) is 25.1 Å². The first-order valence-corrected chi connectivity index (χ1v) is 6.69. The lowest BCUT2D eigenvalue weighted by atomic mass is 10.1. The minimum Gasteiger partial charge on any atom is -0.338 e. The highest BCUT2D eigenvalue weighted by molar-refractivity contribution is 5.80. The quantitative estimate of drug-likeness (QED) is 0.712. The van der Waals surface area contributed by atoms with Crippen LogP contribution in [-0.4, -0.2) is 14.5 Å². The van der Waals surface area contributed by atoms with Crippen molar-refractivity contribution in [3.05, 3.63) is 47.3 Å². The van der Waals surface area contributed by atoms with Crippen molar-refractivity contribution in [1.29, 1.82) is 0 Å². The zero-order valence-corrected chi connectivity index (χ0v) is 12.3. The van der Waals surface area contributed by atoms with Gasteiger partial charge in [0.2, 0.25) is 6.33 Å². The minimum atomic E-state index is 0.883. The molecule has 0 amide bonds. The summed E-state index contributed by atoms with van der Waals surface area (Å²) in [5, 5.41) is 0. The van der Waals surface area contributed by atoms with Crippen molar-refractivity contribution < 1.29 is 4.57 Å². The van der Waals surface area contributed by atoms with Crippen LogP contribution in [0.3, 0.4) is 0 Å². The largest absolute Gasteiger partial charge is 0.338 e. The molecule has 0 saturated carbocycles. The molecule has 1 N–H and O–H groups in total. The smallest absolute Gasteiger partial charge is 0.243 e. The van der Waals surface area contributed by atoms with Gasteiger partial charge < -0.3 is 4.98 Å². The summed E-state index contributed by atoms with van der Waals surface area (Å²) in [7, 11) is 4.05. The Kier molecular flexibility index (Phi) is 2.93. The normalized spacial score (nSPS) is 11.8. The number of benzene rings is 1. The van der Waals surface area contributed by atoms with Crippen LogP contribution in [0.5, 0.6) is 0 Å². The predicted molar refractivity (Wildman–Crippen MR) is 81.1 cm³/mol. The molecule has 3 rings (SSSR count). The Morgan fingerprint density at radius 3 is 2.65 bits per heavy atom. The Morgan fingerprint density at radius 1 is 1.20 bits per heavy atom. The van der Waals surface area contributed by atoms with Gasteiger partial charge >= 0.3 is 0 Å². The van der Waals surface area contributed by atoms with Crippen LogP contribution in [0, 0.1) is 13.8 Å². The van der Waals surface area contributed by atoms with Crippen molar-refractivity contribution in [1.82, 2.24) is 14.5 Å². The average Bonchev–Trinajstić information content (AvgIpc) is 2.90. The second kappa shape index (κ2) is 4.63.